The second kappa shape index (κ2) is 11.7. The van der Waals surface area contributed by atoms with Crippen molar-refractivity contribution in [2.75, 3.05) is 40.5 Å². The van der Waals surface area contributed by atoms with Gasteiger partial charge in [-0.05, 0) is 56.2 Å². The first-order valence-electron chi connectivity index (χ1n) is 12.3. The molecule has 2 aliphatic rings. The number of carbonyl (C=O) groups is 1. The highest BCUT2D eigenvalue weighted by Crippen LogP contribution is 2.36. The monoisotopic (exact) mass is 536 g/mol. The van der Waals surface area contributed by atoms with E-state index in [9.17, 15) is 13.2 Å². The van der Waals surface area contributed by atoms with E-state index in [0.717, 1.165) is 37.9 Å². The molecule has 196 valence electrons. The molecule has 2 aromatic carbocycles. The largest absolute Gasteiger partial charge is 0.495 e. The topological polar surface area (TPSA) is 85.4 Å². The number of amides is 1. The van der Waals surface area contributed by atoms with Crippen LogP contribution in [0.2, 0.25) is 5.02 Å². The van der Waals surface area contributed by atoms with Gasteiger partial charge in [0.2, 0.25) is 15.9 Å². The summed E-state index contributed by atoms with van der Waals surface area (Å²) in [6, 6.07) is 10.8. The van der Waals surface area contributed by atoms with Crippen molar-refractivity contribution in [3.63, 3.8) is 0 Å². The average molecular weight is 537 g/mol. The first-order chi connectivity index (χ1) is 17.3. The molecule has 2 aliphatic heterocycles. The predicted molar refractivity (Wildman–Crippen MR) is 138 cm³/mol. The number of aryl methyl sites for hydroxylation is 1. The van der Waals surface area contributed by atoms with Gasteiger partial charge in [0.05, 0.1) is 32.4 Å². The number of ether oxygens (including phenoxy) is 3. The third-order valence-corrected chi connectivity index (χ3v) is 8.96. The van der Waals surface area contributed by atoms with Crippen LogP contribution in [-0.2, 0) is 21.2 Å². The SMILES string of the molecule is COc1cc(S(=O)(=O)N2CCCOc3cccc(c3)CCC3CCCCN3C(=O)C2)c(OC)cc1Cl. The Labute approximate surface area is 218 Å². The van der Waals surface area contributed by atoms with E-state index in [1.807, 2.05) is 23.1 Å². The summed E-state index contributed by atoms with van der Waals surface area (Å²) in [4.78, 5) is 15.3. The van der Waals surface area contributed by atoms with E-state index in [-0.39, 0.29) is 46.5 Å². The number of piperidine rings is 1. The molecule has 0 saturated carbocycles. The highest BCUT2D eigenvalue weighted by molar-refractivity contribution is 7.89. The summed E-state index contributed by atoms with van der Waals surface area (Å²) in [6.45, 7) is 0.814. The van der Waals surface area contributed by atoms with Gasteiger partial charge in [0, 0.05) is 31.3 Å². The smallest absolute Gasteiger partial charge is 0.247 e. The predicted octanol–water partition coefficient (Wildman–Crippen LogP) is 4.14. The van der Waals surface area contributed by atoms with Crippen molar-refractivity contribution >= 4 is 27.5 Å². The van der Waals surface area contributed by atoms with Crippen molar-refractivity contribution in [1.29, 1.82) is 0 Å². The molecule has 0 N–H and O–H groups in total. The van der Waals surface area contributed by atoms with Crippen LogP contribution in [0.5, 0.6) is 17.2 Å². The van der Waals surface area contributed by atoms with E-state index in [1.165, 1.54) is 36.2 Å². The van der Waals surface area contributed by atoms with Gasteiger partial charge in [-0.2, -0.15) is 4.31 Å². The second-order valence-electron chi connectivity index (χ2n) is 9.10. The molecule has 1 saturated heterocycles. The maximum Gasteiger partial charge on any atom is 0.247 e. The Balaban J connectivity index is 1.68. The highest BCUT2D eigenvalue weighted by Gasteiger charge is 2.34. The van der Waals surface area contributed by atoms with Crippen LogP contribution in [0.1, 0.15) is 37.7 Å². The fourth-order valence-corrected chi connectivity index (χ4v) is 6.69. The quantitative estimate of drug-likeness (QED) is 0.584. The van der Waals surface area contributed by atoms with Crippen molar-refractivity contribution in [2.24, 2.45) is 0 Å². The minimum Gasteiger partial charge on any atom is -0.495 e. The van der Waals surface area contributed by atoms with Crippen LogP contribution in [-0.4, -0.2) is 70.0 Å². The van der Waals surface area contributed by atoms with Gasteiger partial charge in [0.25, 0.3) is 0 Å². The lowest BCUT2D eigenvalue weighted by molar-refractivity contribution is -0.135. The Morgan fingerprint density at radius 1 is 1.00 bits per heavy atom. The Morgan fingerprint density at radius 2 is 1.81 bits per heavy atom. The summed E-state index contributed by atoms with van der Waals surface area (Å²) in [6.07, 6.45) is 4.95. The van der Waals surface area contributed by atoms with Gasteiger partial charge in [-0.3, -0.25) is 4.79 Å². The molecule has 1 atom stereocenters. The number of sulfonamides is 1. The first-order valence-corrected chi connectivity index (χ1v) is 14.1. The number of rotatable bonds is 4. The molecule has 36 heavy (non-hydrogen) atoms. The van der Waals surface area contributed by atoms with Crippen LogP contribution in [0.3, 0.4) is 0 Å². The molecular formula is C26H33ClN2O6S. The van der Waals surface area contributed by atoms with Gasteiger partial charge in [-0.25, -0.2) is 8.42 Å². The van der Waals surface area contributed by atoms with E-state index in [4.69, 9.17) is 25.8 Å². The average Bonchev–Trinajstić information content (AvgIpc) is 2.88. The fraction of sp³-hybridized carbons (Fsp3) is 0.500. The van der Waals surface area contributed by atoms with Gasteiger partial charge >= 0.3 is 0 Å². The third-order valence-electron chi connectivity index (χ3n) is 6.80. The molecule has 2 heterocycles. The number of fused-ring (bicyclic) bond motifs is 3. The van der Waals surface area contributed by atoms with Gasteiger partial charge in [-0.15, -0.1) is 0 Å². The summed E-state index contributed by atoms with van der Waals surface area (Å²) < 4.78 is 45.5. The number of hydrogen-bond donors (Lipinski definition) is 0. The Bertz CT molecular complexity index is 1190. The summed E-state index contributed by atoms with van der Waals surface area (Å²) >= 11 is 6.20. The molecule has 10 heteroatoms. The number of carbonyl (C=O) groups excluding carboxylic acids is 1. The molecule has 0 spiro atoms. The van der Waals surface area contributed by atoms with Crippen LogP contribution in [0.25, 0.3) is 0 Å². The standard InChI is InChI=1S/C26H33ClN2O6S/c1-33-23-17-25(24(34-2)16-22(23)27)36(31,32)28-12-6-14-35-21-9-5-7-19(15-21)10-11-20-8-3-4-13-29(20)26(30)18-28/h5,7,9,15-17,20H,3-4,6,8,10-14,18H2,1-2H3. The van der Waals surface area contributed by atoms with Crippen molar-refractivity contribution in [3.8, 4) is 17.2 Å². The van der Waals surface area contributed by atoms with E-state index in [0.29, 0.717) is 19.6 Å². The summed E-state index contributed by atoms with van der Waals surface area (Å²) in [5.41, 5.74) is 1.18. The highest BCUT2D eigenvalue weighted by atomic mass is 35.5. The van der Waals surface area contributed by atoms with Crippen LogP contribution < -0.4 is 14.2 Å². The van der Waals surface area contributed by atoms with Crippen LogP contribution >= 0.6 is 11.6 Å². The zero-order valence-corrected chi connectivity index (χ0v) is 22.3. The second-order valence-corrected chi connectivity index (χ2v) is 11.4. The lowest BCUT2D eigenvalue weighted by Crippen LogP contribution is -2.49. The third kappa shape index (κ3) is 5.90. The van der Waals surface area contributed by atoms with Crippen LogP contribution in [0, 0.1) is 0 Å². The molecule has 1 unspecified atom stereocenters. The number of benzene rings is 2. The van der Waals surface area contributed by atoms with Gasteiger partial charge < -0.3 is 19.1 Å². The summed E-state index contributed by atoms with van der Waals surface area (Å²) in [7, 11) is -1.32. The molecule has 2 bridgehead atoms. The normalized spacial score (nSPS) is 20.1. The van der Waals surface area contributed by atoms with Gasteiger partial charge in [-0.1, -0.05) is 23.7 Å². The molecule has 4 rings (SSSR count). The Morgan fingerprint density at radius 3 is 2.58 bits per heavy atom. The molecule has 1 amide bonds. The lowest BCUT2D eigenvalue weighted by Gasteiger charge is -2.37. The molecule has 8 nitrogen and oxygen atoms in total. The summed E-state index contributed by atoms with van der Waals surface area (Å²) in [5.74, 6) is 0.884. The Hall–Kier alpha value is -2.49. The molecule has 2 aromatic rings. The molecular weight excluding hydrogens is 504 g/mol. The van der Waals surface area contributed by atoms with E-state index >= 15 is 0 Å². The summed E-state index contributed by atoms with van der Waals surface area (Å²) in [5, 5.41) is 0.233. The minimum absolute atomic E-state index is 0.0773. The zero-order valence-electron chi connectivity index (χ0n) is 20.7. The maximum atomic E-state index is 13.9. The molecule has 1 fully saturated rings. The molecule has 0 radical (unpaired) electrons. The number of nitrogens with zero attached hydrogens (tertiary/aromatic N) is 2. The lowest BCUT2D eigenvalue weighted by atomic mass is 9.95. The van der Waals surface area contributed by atoms with Crippen LogP contribution in [0.15, 0.2) is 41.3 Å². The minimum atomic E-state index is -4.12. The Kier molecular flexibility index (Phi) is 8.64. The van der Waals surface area contributed by atoms with Crippen molar-refractivity contribution in [1.82, 2.24) is 9.21 Å². The van der Waals surface area contributed by atoms with Gasteiger partial charge in [0.15, 0.2) is 0 Å². The van der Waals surface area contributed by atoms with Gasteiger partial charge in [0.1, 0.15) is 22.1 Å². The van der Waals surface area contributed by atoms with E-state index < -0.39 is 10.0 Å². The van der Waals surface area contributed by atoms with Crippen molar-refractivity contribution < 1.29 is 27.4 Å². The maximum absolute atomic E-state index is 13.9. The number of hydrogen-bond acceptors (Lipinski definition) is 6. The van der Waals surface area contributed by atoms with Crippen molar-refractivity contribution in [3.05, 3.63) is 47.0 Å². The molecule has 0 aromatic heterocycles. The van der Waals surface area contributed by atoms with Crippen molar-refractivity contribution in [2.45, 2.75) is 49.5 Å². The number of halogens is 1. The van der Waals surface area contributed by atoms with Crippen LogP contribution in [0.4, 0.5) is 0 Å². The van der Waals surface area contributed by atoms with E-state index in [1.54, 1.807) is 0 Å². The zero-order chi connectivity index (χ0) is 25.7. The first kappa shape index (κ1) is 26.6. The number of methoxy groups -OCH3 is 2. The molecule has 0 aliphatic carbocycles. The fourth-order valence-electron chi connectivity index (χ4n) is 4.88. The van der Waals surface area contributed by atoms with E-state index in [2.05, 4.69) is 6.07 Å².